The van der Waals surface area contributed by atoms with Crippen LogP contribution in [0, 0.1) is 0 Å². The summed E-state index contributed by atoms with van der Waals surface area (Å²) in [4.78, 5) is -2.07. The van der Waals surface area contributed by atoms with Crippen molar-refractivity contribution in [3.63, 3.8) is 0 Å². The molecule has 40 heavy (non-hydrogen) atoms. The average molecular weight is 613 g/mol. The Labute approximate surface area is 233 Å². The van der Waals surface area contributed by atoms with Gasteiger partial charge < -0.3 is 4.74 Å². The molecular formula is C27H32O10S3. The smallest absolute Gasteiger partial charge is 0.295 e. The van der Waals surface area contributed by atoms with E-state index in [9.17, 15) is 38.9 Å². The first kappa shape index (κ1) is 30.4. The summed E-state index contributed by atoms with van der Waals surface area (Å²) in [5, 5.41) is 0.199. The molecule has 0 saturated carbocycles. The first-order chi connectivity index (χ1) is 18.7. The maximum absolute atomic E-state index is 12.4. The van der Waals surface area contributed by atoms with Crippen LogP contribution in [0.15, 0.2) is 51.1 Å². The Morgan fingerprint density at radius 2 is 0.925 bits per heavy atom. The van der Waals surface area contributed by atoms with Crippen LogP contribution in [-0.4, -0.2) is 45.5 Å². The Morgan fingerprint density at radius 1 is 0.550 bits per heavy atom. The molecule has 0 unspecified atom stereocenters. The van der Waals surface area contributed by atoms with Crippen LogP contribution in [0.3, 0.4) is 0 Å². The Bertz CT molecular complexity index is 1810. The molecular weight excluding hydrogens is 580 g/mol. The maximum Gasteiger partial charge on any atom is 0.295 e. The number of ether oxygens (including phenoxy) is 1. The minimum Gasteiger partial charge on any atom is -0.493 e. The minimum atomic E-state index is -4.97. The molecule has 10 nitrogen and oxygen atoms in total. The zero-order chi connectivity index (χ0) is 29.3. The summed E-state index contributed by atoms with van der Waals surface area (Å²) >= 11 is 0. The normalized spacial score (nSPS) is 13.1. The fraction of sp³-hybridized carbons (Fsp3) is 0.407. The highest BCUT2D eigenvalue weighted by molar-refractivity contribution is 7.87. The van der Waals surface area contributed by atoms with Crippen LogP contribution < -0.4 is 4.74 Å². The highest BCUT2D eigenvalue weighted by Crippen LogP contribution is 2.45. The van der Waals surface area contributed by atoms with Gasteiger partial charge in [0.25, 0.3) is 30.4 Å². The fourth-order valence-electron chi connectivity index (χ4n) is 5.22. The summed E-state index contributed by atoms with van der Waals surface area (Å²) in [5.74, 6) is 0.0970. The molecule has 0 spiro atoms. The van der Waals surface area contributed by atoms with Crippen LogP contribution in [0.5, 0.6) is 5.75 Å². The predicted molar refractivity (Wildman–Crippen MR) is 152 cm³/mol. The van der Waals surface area contributed by atoms with Crippen molar-refractivity contribution in [3.8, 4) is 5.75 Å². The van der Waals surface area contributed by atoms with Gasteiger partial charge in [-0.05, 0) is 18.6 Å². The van der Waals surface area contributed by atoms with E-state index in [2.05, 4.69) is 6.92 Å². The third-order valence-electron chi connectivity index (χ3n) is 7.09. The van der Waals surface area contributed by atoms with E-state index in [0.29, 0.717) is 17.9 Å². The van der Waals surface area contributed by atoms with Crippen molar-refractivity contribution in [2.45, 2.75) is 79.4 Å². The summed E-state index contributed by atoms with van der Waals surface area (Å²) in [6.45, 7) is 2.42. The van der Waals surface area contributed by atoms with Gasteiger partial charge >= 0.3 is 0 Å². The average Bonchev–Trinajstić information content (AvgIpc) is 2.86. The summed E-state index contributed by atoms with van der Waals surface area (Å²) in [6.07, 6.45) is 9.80. The van der Waals surface area contributed by atoms with E-state index in [1.54, 1.807) is 0 Å². The molecule has 0 atom stereocenters. The SMILES string of the molecule is CCCCCCCCCCCOc1cc(S(=O)(=O)O)c2ccc3c(S(=O)(=O)O)cc(S(=O)(=O)O)c4ccc1c2c43. The van der Waals surface area contributed by atoms with Crippen molar-refractivity contribution in [3.05, 3.63) is 36.4 Å². The van der Waals surface area contributed by atoms with Gasteiger partial charge in [0.2, 0.25) is 0 Å². The fourth-order valence-corrected chi connectivity index (χ4v) is 7.43. The molecule has 0 aliphatic heterocycles. The molecule has 0 amide bonds. The van der Waals surface area contributed by atoms with Gasteiger partial charge in [-0.1, -0.05) is 76.5 Å². The van der Waals surface area contributed by atoms with E-state index in [1.807, 2.05) is 0 Å². The number of hydrogen-bond acceptors (Lipinski definition) is 7. The third kappa shape index (κ3) is 6.34. The molecule has 4 rings (SSSR count). The largest absolute Gasteiger partial charge is 0.493 e. The molecule has 218 valence electrons. The summed E-state index contributed by atoms with van der Waals surface area (Å²) in [6, 6.07) is 7.12. The summed E-state index contributed by atoms with van der Waals surface area (Å²) in [7, 11) is -14.7. The van der Waals surface area contributed by atoms with E-state index >= 15 is 0 Å². The second-order valence-corrected chi connectivity index (χ2v) is 14.1. The molecule has 3 N–H and O–H groups in total. The van der Waals surface area contributed by atoms with Crippen LogP contribution in [0.1, 0.15) is 64.7 Å². The van der Waals surface area contributed by atoms with Crippen LogP contribution >= 0.6 is 0 Å². The first-order valence-corrected chi connectivity index (χ1v) is 17.4. The standard InChI is InChI=1S/C27H32O10S3/c1-2-3-4-5-6-7-8-9-10-15-37-22-16-23(38(28,29)30)19-13-14-21-25(40(34,35)36)17-24(39(31,32)33)20-12-11-18(22)26(19)27(20)21/h11-14,16-17H,2-10,15H2,1H3,(H,28,29,30)(H,31,32,33)(H,34,35,36). The molecule has 13 heteroatoms. The predicted octanol–water partition coefficient (Wildman–Crippen LogP) is 6.23. The molecule has 0 heterocycles. The lowest BCUT2D eigenvalue weighted by atomic mass is 9.93. The zero-order valence-electron chi connectivity index (χ0n) is 22.0. The first-order valence-electron chi connectivity index (χ1n) is 13.1. The lowest BCUT2D eigenvalue weighted by Crippen LogP contribution is -2.07. The van der Waals surface area contributed by atoms with Gasteiger partial charge in [-0.2, -0.15) is 25.3 Å². The van der Waals surface area contributed by atoms with Crippen LogP contribution in [0.4, 0.5) is 0 Å². The Balaban J connectivity index is 1.79. The molecule has 4 aromatic carbocycles. The van der Waals surface area contributed by atoms with E-state index in [4.69, 9.17) is 4.74 Å². The van der Waals surface area contributed by atoms with Gasteiger partial charge in [0.1, 0.15) is 20.4 Å². The van der Waals surface area contributed by atoms with Gasteiger partial charge in [0, 0.05) is 38.4 Å². The molecule has 0 radical (unpaired) electrons. The van der Waals surface area contributed by atoms with Crippen molar-refractivity contribution >= 4 is 62.7 Å². The Hall–Kier alpha value is -2.55. The Kier molecular flexibility index (Phi) is 8.93. The Morgan fingerprint density at radius 3 is 1.38 bits per heavy atom. The molecule has 0 bridgehead atoms. The van der Waals surface area contributed by atoms with Crippen LogP contribution in [-0.2, 0) is 30.4 Å². The third-order valence-corrected chi connectivity index (χ3v) is 9.77. The molecule has 0 fully saturated rings. The van der Waals surface area contributed by atoms with E-state index in [1.165, 1.54) is 62.4 Å². The van der Waals surface area contributed by atoms with Crippen LogP contribution in [0.25, 0.3) is 32.3 Å². The van der Waals surface area contributed by atoms with Gasteiger partial charge in [-0.15, -0.1) is 0 Å². The van der Waals surface area contributed by atoms with Crippen molar-refractivity contribution in [1.82, 2.24) is 0 Å². The van der Waals surface area contributed by atoms with Crippen molar-refractivity contribution in [2.24, 2.45) is 0 Å². The van der Waals surface area contributed by atoms with E-state index in [-0.39, 0.29) is 39.3 Å². The highest BCUT2D eigenvalue weighted by Gasteiger charge is 2.28. The molecule has 0 saturated heterocycles. The molecule has 0 aromatic heterocycles. The quantitative estimate of drug-likeness (QED) is 0.0841. The van der Waals surface area contributed by atoms with Crippen LogP contribution in [0.2, 0.25) is 0 Å². The summed E-state index contributed by atoms with van der Waals surface area (Å²) in [5.41, 5.74) is 0. The maximum atomic E-state index is 12.4. The molecule has 0 aliphatic rings. The lowest BCUT2D eigenvalue weighted by Gasteiger charge is -2.19. The minimum absolute atomic E-state index is 0.0141. The number of hydrogen-bond donors (Lipinski definition) is 3. The number of benzene rings is 4. The van der Waals surface area contributed by atoms with E-state index < -0.39 is 45.0 Å². The van der Waals surface area contributed by atoms with Crippen molar-refractivity contribution in [2.75, 3.05) is 6.61 Å². The summed E-state index contributed by atoms with van der Waals surface area (Å²) < 4.78 is 109. The van der Waals surface area contributed by atoms with Crippen molar-refractivity contribution < 1.29 is 43.6 Å². The van der Waals surface area contributed by atoms with Gasteiger partial charge in [0.15, 0.2) is 0 Å². The van der Waals surface area contributed by atoms with Crippen molar-refractivity contribution in [1.29, 1.82) is 0 Å². The molecule has 0 aliphatic carbocycles. The lowest BCUT2D eigenvalue weighted by molar-refractivity contribution is 0.307. The second kappa shape index (κ2) is 11.7. The van der Waals surface area contributed by atoms with E-state index in [0.717, 1.165) is 19.3 Å². The molecule has 4 aromatic rings. The number of rotatable bonds is 14. The second-order valence-electron chi connectivity index (χ2n) is 9.92. The monoisotopic (exact) mass is 612 g/mol. The zero-order valence-corrected chi connectivity index (χ0v) is 24.4. The topological polar surface area (TPSA) is 172 Å². The van der Waals surface area contributed by atoms with Gasteiger partial charge in [0.05, 0.1) is 6.61 Å². The number of unbranched alkanes of at least 4 members (excludes halogenated alkanes) is 8. The van der Waals surface area contributed by atoms with Gasteiger partial charge in [-0.3, -0.25) is 13.7 Å². The highest BCUT2D eigenvalue weighted by atomic mass is 32.2. The van der Waals surface area contributed by atoms with Gasteiger partial charge in [-0.25, -0.2) is 0 Å².